The number of ether oxygens (including phenoxy) is 1. The summed E-state index contributed by atoms with van der Waals surface area (Å²) >= 11 is 0. The van der Waals surface area contributed by atoms with Gasteiger partial charge in [-0.3, -0.25) is 4.79 Å². The molecule has 0 aliphatic carbocycles. The van der Waals surface area contributed by atoms with Crippen molar-refractivity contribution in [1.29, 1.82) is 0 Å². The number of carbonyl (C=O) groups is 1. The fourth-order valence-corrected chi connectivity index (χ4v) is 3.28. The molecule has 0 unspecified atom stereocenters. The zero-order chi connectivity index (χ0) is 24.6. The zero-order valence-corrected chi connectivity index (χ0v) is 18.5. The first-order valence-corrected chi connectivity index (χ1v) is 10.6. The lowest BCUT2D eigenvalue weighted by Crippen LogP contribution is -2.09. The maximum Gasteiger partial charge on any atom is 0.416 e. The molecule has 0 atom stereocenters. The molecule has 0 aromatic heterocycles. The highest BCUT2D eigenvalue weighted by Gasteiger charge is 2.30. The molecule has 3 aromatic carbocycles. The molecule has 7 heteroatoms. The van der Waals surface area contributed by atoms with Gasteiger partial charge in [-0.05, 0) is 54.0 Å². The number of hydrogen-bond donors (Lipinski definition) is 2. The van der Waals surface area contributed by atoms with Crippen molar-refractivity contribution >= 4 is 17.2 Å². The van der Waals surface area contributed by atoms with Crippen molar-refractivity contribution in [3.8, 4) is 5.75 Å². The molecule has 0 aliphatic heterocycles. The van der Waals surface area contributed by atoms with Gasteiger partial charge in [-0.15, -0.1) is 0 Å². The number of allylic oxidation sites excluding steroid dienone is 2. The first kappa shape index (κ1) is 24.8. The van der Waals surface area contributed by atoms with E-state index in [1.54, 1.807) is 54.6 Å². The third kappa shape index (κ3) is 6.59. The third-order valence-corrected chi connectivity index (χ3v) is 4.96. The summed E-state index contributed by atoms with van der Waals surface area (Å²) in [6.45, 7) is 2.17. The van der Waals surface area contributed by atoms with Crippen molar-refractivity contribution in [2.75, 3.05) is 11.9 Å². The van der Waals surface area contributed by atoms with E-state index in [0.717, 1.165) is 17.7 Å². The molecule has 4 nitrogen and oxygen atoms in total. The largest absolute Gasteiger partial charge is 0.494 e. The van der Waals surface area contributed by atoms with Crippen molar-refractivity contribution < 1.29 is 27.8 Å². The molecule has 34 heavy (non-hydrogen) atoms. The van der Waals surface area contributed by atoms with Crippen LogP contribution in [-0.2, 0) is 17.6 Å². The van der Waals surface area contributed by atoms with Crippen LogP contribution in [0.15, 0.2) is 91.0 Å². The van der Waals surface area contributed by atoms with E-state index in [0.29, 0.717) is 34.7 Å². The van der Waals surface area contributed by atoms with E-state index in [9.17, 15) is 23.1 Å². The van der Waals surface area contributed by atoms with Crippen molar-refractivity contribution in [2.45, 2.75) is 19.7 Å². The topological polar surface area (TPSA) is 58.6 Å². The Morgan fingerprint density at radius 1 is 0.971 bits per heavy atom. The Morgan fingerprint density at radius 2 is 1.59 bits per heavy atom. The van der Waals surface area contributed by atoms with Crippen molar-refractivity contribution in [1.82, 2.24) is 0 Å². The van der Waals surface area contributed by atoms with Crippen LogP contribution in [0.2, 0.25) is 0 Å². The van der Waals surface area contributed by atoms with E-state index in [4.69, 9.17) is 4.74 Å². The van der Waals surface area contributed by atoms with Gasteiger partial charge in [0.25, 0.3) is 0 Å². The smallest absolute Gasteiger partial charge is 0.416 e. The Hall–Kier alpha value is -3.84. The number of anilines is 1. The predicted molar refractivity (Wildman–Crippen MR) is 126 cm³/mol. The lowest BCUT2D eigenvalue weighted by molar-refractivity contribution is -0.137. The second-order valence-electron chi connectivity index (χ2n) is 7.28. The first-order valence-electron chi connectivity index (χ1n) is 10.6. The molecular formula is C27H24F3NO3. The lowest BCUT2D eigenvalue weighted by Gasteiger charge is -2.12. The third-order valence-electron chi connectivity index (χ3n) is 4.96. The van der Waals surface area contributed by atoms with E-state index in [-0.39, 0.29) is 6.61 Å². The van der Waals surface area contributed by atoms with E-state index in [2.05, 4.69) is 5.32 Å². The molecule has 0 saturated carbocycles. The Balaban J connectivity index is 1.88. The minimum Gasteiger partial charge on any atom is -0.494 e. The molecule has 176 valence electrons. The minimum atomic E-state index is -4.43. The minimum absolute atomic E-state index is 0.212. The van der Waals surface area contributed by atoms with Crippen LogP contribution in [0.1, 0.15) is 29.2 Å². The van der Waals surface area contributed by atoms with Gasteiger partial charge in [0, 0.05) is 17.3 Å². The summed E-state index contributed by atoms with van der Waals surface area (Å²) in [6, 6.07) is 18.9. The first-order chi connectivity index (χ1) is 16.3. The van der Waals surface area contributed by atoms with Gasteiger partial charge in [0.05, 0.1) is 18.8 Å². The molecule has 3 rings (SSSR count). The number of alkyl halides is 3. The second-order valence-corrected chi connectivity index (χ2v) is 7.28. The van der Waals surface area contributed by atoms with Crippen LogP contribution in [0.25, 0.3) is 5.57 Å². The number of benzene rings is 3. The average Bonchev–Trinajstić information content (AvgIpc) is 2.83. The number of para-hydroxylation sites is 1. The number of aliphatic hydroxyl groups excluding tert-OH is 1. The van der Waals surface area contributed by atoms with Crippen LogP contribution >= 0.6 is 0 Å². The van der Waals surface area contributed by atoms with Gasteiger partial charge >= 0.3 is 6.18 Å². The Morgan fingerprint density at radius 3 is 2.18 bits per heavy atom. The van der Waals surface area contributed by atoms with Gasteiger partial charge in [-0.2, -0.15) is 13.2 Å². The Kier molecular flexibility index (Phi) is 8.27. The van der Waals surface area contributed by atoms with Crippen LogP contribution < -0.4 is 10.1 Å². The summed E-state index contributed by atoms with van der Waals surface area (Å²) in [4.78, 5) is 12.4. The monoisotopic (exact) mass is 467 g/mol. The summed E-state index contributed by atoms with van der Waals surface area (Å²) < 4.78 is 44.4. The molecule has 0 bridgehead atoms. The van der Waals surface area contributed by atoms with Crippen LogP contribution in [0, 0.1) is 0 Å². The van der Waals surface area contributed by atoms with Gasteiger partial charge in [0.2, 0.25) is 5.91 Å². The number of hydrogen-bond acceptors (Lipinski definition) is 3. The van der Waals surface area contributed by atoms with Gasteiger partial charge in [0.15, 0.2) is 0 Å². The number of halogens is 3. The number of nitrogens with one attached hydrogen (secondary N) is 1. The average molecular weight is 467 g/mol. The van der Waals surface area contributed by atoms with Crippen molar-refractivity contribution in [3.63, 3.8) is 0 Å². The van der Waals surface area contributed by atoms with Gasteiger partial charge in [0.1, 0.15) is 5.75 Å². The van der Waals surface area contributed by atoms with Crippen molar-refractivity contribution in [3.05, 3.63) is 113 Å². The van der Waals surface area contributed by atoms with Crippen molar-refractivity contribution in [2.24, 2.45) is 0 Å². The Labute approximate surface area is 196 Å². The molecule has 0 aliphatic rings. The molecule has 2 N–H and O–H groups in total. The highest BCUT2D eigenvalue weighted by atomic mass is 19.4. The normalized spacial score (nSPS) is 12.1. The van der Waals surface area contributed by atoms with Crippen LogP contribution in [0.5, 0.6) is 5.75 Å². The molecule has 0 radical (unpaired) electrons. The quantitative estimate of drug-likeness (QED) is 0.305. The van der Waals surface area contributed by atoms with Crippen LogP contribution in [0.4, 0.5) is 18.9 Å². The summed E-state index contributed by atoms with van der Waals surface area (Å²) in [5.41, 5.74) is 2.29. The number of amides is 1. The molecule has 0 spiro atoms. The van der Waals surface area contributed by atoms with Gasteiger partial charge in [-0.1, -0.05) is 54.6 Å². The highest BCUT2D eigenvalue weighted by Crippen LogP contribution is 2.32. The maximum atomic E-state index is 13.0. The number of carbonyl (C=O) groups excluding carboxylic acids is 1. The number of rotatable bonds is 8. The summed E-state index contributed by atoms with van der Waals surface area (Å²) in [7, 11) is 0. The zero-order valence-electron chi connectivity index (χ0n) is 18.5. The fourth-order valence-electron chi connectivity index (χ4n) is 3.28. The van der Waals surface area contributed by atoms with E-state index in [1.165, 1.54) is 24.3 Å². The second kappa shape index (κ2) is 11.3. The molecule has 0 heterocycles. The Bertz CT molecular complexity index is 1160. The standard InChI is InChI=1S/C27H24F3NO3/c1-2-34-23-16-12-20(13-17-23)24(19-10-14-22(15-11-19)27(28,29)30)7-5-9-26(33)31-25-8-4-3-6-21(25)18-32/h3-17,32H,2,18H2,1H3,(H,31,33)/b9-5+,24-7-. The molecule has 1 amide bonds. The highest BCUT2D eigenvalue weighted by molar-refractivity contribution is 6.00. The summed E-state index contributed by atoms with van der Waals surface area (Å²) in [5, 5.41) is 12.1. The lowest BCUT2D eigenvalue weighted by atomic mass is 9.96. The molecule has 0 saturated heterocycles. The molecular weight excluding hydrogens is 443 g/mol. The van der Waals surface area contributed by atoms with Gasteiger partial charge in [-0.25, -0.2) is 0 Å². The fraction of sp³-hybridized carbons (Fsp3) is 0.148. The predicted octanol–water partition coefficient (Wildman–Crippen LogP) is 6.22. The van der Waals surface area contributed by atoms with E-state index >= 15 is 0 Å². The van der Waals surface area contributed by atoms with Crippen LogP contribution in [0.3, 0.4) is 0 Å². The molecule has 0 fully saturated rings. The van der Waals surface area contributed by atoms with Crippen LogP contribution in [-0.4, -0.2) is 17.6 Å². The summed E-state index contributed by atoms with van der Waals surface area (Å²) in [5.74, 6) is 0.270. The summed E-state index contributed by atoms with van der Waals surface area (Å²) in [6.07, 6.45) is 0.0767. The van der Waals surface area contributed by atoms with E-state index in [1.807, 2.05) is 6.92 Å². The SMILES string of the molecule is CCOc1ccc(/C(=C\C=C\C(=O)Nc2ccccc2CO)c2ccc(C(F)(F)F)cc2)cc1. The number of aliphatic hydroxyl groups is 1. The van der Waals surface area contributed by atoms with E-state index < -0.39 is 17.6 Å². The maximum absolute atomic E-state index is 13.0. The van der Waals surface area contributed by atoms with Gasteiger partial charge < -0.3 is 15.2 Å². The molecule has 3 aromatic rings.